The van der Waals surface area contributed by atoms with Gasteiger partial charge in [0.1, 0.15) is 5.82 Å². The molecule has 0 aliphatic carbocycles. The van der Waals surface area contributed by atoms with Crippen molar-refractivity contribution in [1.82, 2.24) is 5.32 Å². The van der Waals surface area contributed by atoms with Gasteiger partial charge in [0, 0.05) is 16.9 Å². The zero-order valence-electron chi connectivity index (χ0n) is 9.58. The highest BCUT2D eigenvalue weighted by Gasteiger charge is 2.27. The predicted molar refractivity (Wildman–Crippen MR) is 68.3 cm³/mol. The summed E-state index contributed by atoms with van der Waals surface area (Å²) in [5, 5.41) is 3.95. The van der Waals surface area contributed by atoms with Crippen molar-refractivity contribution in [2.45, 2.75) is 31.1 Å². The van der Waals surface area contributed by atoms with Gasteiger partial charge in [0.05, 0.1) is 0 Å². The van der Waals surface area contributed by atoms with Crippen molar-refractivity contribution in [3.63, 3.8) is 0 Å². The topological polar surface area (TPSA) is 12.0 Å². The van der Waals surface area contributed by atoms with E-state index in [0.29, 0.717) is 5.25 Å². The third-order valence-electron chi connectivity index (χ3n) is 3.00. The number of benzene rings is 1. The fraction of sp³-hybridized carbons (Fsp3) is 0.538. The molecule has 0 saturated carbocycles. The van der Waals surface area contributed by atoms with Gasteiger partial charge in [0.25, 0.3) is 0 Å². The largest absolute Gasteiger partial charge is 0.309 e. The Balaban J connectivity index is 2.21. The van der Waals surface area contributed by atoms with Crippen molar-refractivity contribution in [3.05, 3.63) is 35.6 Å². The molecule has 0 aromatic heterocycles. The molecule has 3 heteroatoms. The molecule has 2 atom stereocenters. The van der Waals surface area contributed by atoms with Crippen LogP contribution in [0, 0.1) is 5.82 Å². The summed E-state index contributed by atoms with van der Waals surface area (Å²) >= 11 is 1.96. The maximum Gasteiger partial charge on any atom is 0.128 e. The van der Waals surface area contributed by atoms with Gasteiger partial charge in [0.2, 0.25) is 0 Å². The Hall–Kier alpha value is -0.540. The normalized spacial score (nSPS) is 22.2. The summed E-state index contributed by atoms with van der Waals surface area (Å²) in [5.74, 6) is 1.13. The molecule has 1 aromatic rings. The van der Waals surface area contributed by atoms with Crippen LogP contribution in [0.2, 0.25) is 0 Å². The summed E-state index contributed by atoms with van der Waals surface area (Å²) in [4.78, 5) is 0. The van der Waals surface area contributed by atoms with Crippen molar-refractivity contribution >= 4 is 11.8 Å². The Labute approximate surface area is 101 Å². The van der Waals surface area contributed by atoms with Crippen LogP contribution in [0.4, 0.5) is 4.39 Å². The third-order valence-corrected chi connectivity index (χ3v) is 4.46. The van der Waals surface area contributed by atoms with Crippen LogP contribution < -0.4 is 5.32 Å². The van der Waals surface area contributed by atoms with Crippen molar-refractivity contribution in [2.75, 3.05) is 12.3 Å². The van der Waals surface area contributed by atoms with Crippen LogP contribution in [0.3, 0.4) is 0 Å². The first kappa shape index (κ1) is 11.9. The molecule has 0 amide bonds. The first-order valence-corrected chi connectivity index (χ1v) is 6.97. The lowest BCUT2D eigenvalue weighted by Gasteiger charge is -2.24. The monoisotopic (exact) mass is 239 g/mol. The van der Waals surface area contributed by atoms with Gasteiger partial charge >= 0.3 is 0 Å². The molecule has 1 aliphatic heterocycles. The fourth-order valence-corrected chi connectivity index (χ4v) is 3.66. The molecule has 2 unspecified atom stereocenters. The number of hydrogen-bond donors (Lipinski definition) is 1. The Morgan fingerprint density at radius 3 is 2.94 bits per heavy atom. The van der Waals surface area contributed by atoms with Gasteiger partial charge in [0.15, 0.2) is 0 Å². The highest BCUT2D eigenvalue weighted by Crippen LogP contribution is 2.36. The second-order valence-corrected chi connectivity index (χ2v) is 5.46. The van der Waals surface area contributed by atoms with Crippen LogP contribution in [0.5, 0.6) is 0 Å². The van der Waals surface area contributed by atoms with Crippen molar-refractivity contribution in [1.29, 1.82) is 0 Å². The van der Waals surface area contributed by atoms with Crippen molar-refractivity contribution in [3.8, 4) is 0 Å². The van der Waals surface area contributed by atoms with Crippen molar-refractivity contribution in [2.24, 2.45) is 0 Å². The van der Waals surface area contributed by atoms with E-state index in [0.717, 1.165) is 12.1 Å². The summed E-state index contributed by atoms with van der Waals surface area (Å²) < 4.78 is 13.8. The predicted octanol–water partition coefficient (Wildman–Crippen LogP) is 3.37. The van der Waals surface area contributed by atoms with E-state index >= 15 is 0 Å². The molecule has 0 spiro atoms. The van der Waals surface area contributed by atoms with E-state index in [4.69, 9.17) is 0 Å². The lowest BCUT2D eigenvalue weighted by molar-refractivity contribution is 0.489. The van der Waals surface area contributed by atoms with Gasteiger partial charge in [-0.3, -0.25) is 0 Å². The highest BCUT2D eigenvalue weighted by atomic mass is 32.2. The van der Waals surface area contributed by atoms with Crippen LogP contribution in [-0.4, -0.2) is 17.5 Å². The molecule has 1 N–H and O–H groups in total. The molecule has 0 bridgehead atoms. The number of rotatable bonds is 4. The van der Waals surface area contributed by atoms with Crippen LogP contribution in [-0.2, 0) is 0 Å². The molecule has 88 valence electrons. The molecular formula is C13H18FNS. The summed E-state index contributed by atoms with van der Waals surface area (Å²) in [5.41, 5.74) is 0.823. The smallest absolute Gasteiger partial charge is 0.128 e. The SMILES string of the molecule is CCNC(c1ccccc1F)C1CCCS1. The molecule has 1 aliphatic rings. The van der Waals surface area contributed by atoms with E-state index in [2.05, 4.69) is 12.2 Å². The Morgan fingerprint density at radius 2 is 2.31 bits per heavy atom. The summed E-state index contributed by atoms with van der Waals surface area (Å²) in [6.07, 6.45) is 2.45. The third kappa shape index (κ3) is 2.58. The average Bonchev–Trinajstić information content (AvgIpc) is 2.80. The van der Waals surface area contributed by atoms with E-state index in [1.54, 1.807) is 12.1 Å². The van der Waals surface area contributed by atoms with Crippen LogP contribution >= 0.6 is 11.8 Å². The lowest BCUT2D eigenvalue weighted by atomic mass is 10.0. The minimum atomic E-state index is -0.0825. The molecule has 1 fully saturated rings. The zero-order valence-corrected chi connectivity index (χ0v) is 10.4. The van der Waals surface area contributed by atoms with E-state index in [1.165, 1.54) is 18.6 Å². The summed E-state index contributed by atoms with van der Waals surface area (Å²) in [6.45, 7) is 2.96. The van der Waals surface area contributed by atoms with Crippen LogP contribution in [0.25, 0.3) is 0 Å². The van der Waals surface area contributed by atoms with Gasteiger partial charge in [-0.1, -0.05) is 25.1 Å². The molecule has 0 radical (unpaired) electrons. The minimum absolute atomic E-state index is 0.0825. The fourth-order valence-electron chi connectivity index (χ4n) is 2.25. The van der Waals surface area contributed by atoms with Gasteiger partial charge < -0.3 is 5.32 Å². The Morgan fingerprint density at radius 1 is 1.50 bits per heavy atom. The van der Waals surface area contributed by atoms with Crippen LogP contribution in [0.15, 0.2) is 24.3 Å². The second kappa shape index (κ2) is 5.69. The molecule has 1 nitrogen and oxygen atoms in total. The lowest BCUT2D eigenvalue weighted by Crippen LogP contribution is -2.29. The van der Waals surface area contributed by atoms with Crippen LogP contribution in [0.1, 0.15) is 31.4 Å². The Bertz CT molecular complexity index is 336. The van der Waals surface area contributed by atoms with E-state index in [9.17, 15) is 4.39 Å². The van der Waals surface area contributed by atoms with E-state index in [-0.39, 0.29) is 11.9 Å². The first-order chi connectivity index (χ1) is 7.83. The Kier molecular flexibility index (Phi) is 4.24. The molecular weight excluding hydrogens is 221 g/mol. The van der Waals surface area contributed by atoms with Gasteiger partial charge in [-0.2, -0.15) is 11.8 Å². The molecule has 1 saturated heterocycles. The quantitative estimate of drug-likeness (QED) is 0.864. The first-order valence-electron chi connectivity index (χ1n) is 5.92. The minimum Gasteiger partial charge on any atom is -0.309 e. The summed E-state index contributed by atoms with van der Waals surface area (Å²) in [7, 11) is 0. The standard InChI is InChI=1S/C13H18FNS/c1-2-15-13(12-8-5-9-16-12)10-6-3-4-7-11(10)14/h3-4,6-7,12-13,15H,2,5,8-9H2,1H3. The van der Waals surface area contributed by atoms with E-state index < -0.39 is 0 Å². The molecule has 16 heavy (non-hydrogen) atoms. The number of hydrogen-bond acceptors (Lipinski definition) is 2. The van der Waals surface area contributed by atoms with Crippen molar-refractivity contribution < 1.29 is 4.39 Å². The molecule has 1 heterocycles. The van der Waals surface area contributed by atoms with Gasteiger partial charge in [-0.25, -0.2) is 4.39 Å². The number of nitrogens with one attached hydrogen (secondary N) is 1. The average molecular weight is 239 g/mol. The zero-order chi connectivity index (χ0) is 11.4. The van der Waals surface area contributed by atoms with Gasteiger partial charge in [-0.05, 0) is 31.2 Å². The second-order valence-electron chi connectivity index (χ2n) is 4.11. The molecule has 2 rings (SSSR count). The molecule has 1 aromatic carbocycles. The van der Waals surface area contributed by atoms with Gasteiger partial charge in [-0.15, -0.1) is 0 Å². The number of thioether (sulfide) groups is 1. The van der Waals surface area contributed by atoms with E-state index in [1.807, 2.05) is 23.9 Å². The number of halogens is 1. The maximum absolute atomic E-state index is 13.8. The maximum atomic E-state index is 13.8. The summed E-state index contributed by atoms with van der Waals surface area (Å²) in [6, 6.07) is 7.30. The highest BCUT2D eigenvalue weighted by molar-refractivity contribution is 8.00.